The molecule has 0 saturated carbocycles. The van der Waals surface area contributed by atoms with Crippen LogP contribution in [0.3, 0.4) is 0 Å². The molecule has 1 amide bonds. The van der Waals surface area contributed by atoms with E-state index in [1.165, 1.54) is 30.3 Å². The van der Waals surface area contributed by atoms with Crippen LogP contribution in [0.5, 0.6) is 0 Å². The van der Waals surface area contributed by atoms with Crippen molar-refractivity contribution in [3.8, 4) is 0 Å². The first-order valence-electron chi connectivity index (χ1n) is 11.1. The number of benzene rings is 2. The Hall–Kier alpha value is -2.77. The molecule has 0 spiro atoms. The van der Waals surface area contributed by atoms with Gasteiger partial charge in [0.05, 0.1) is 17.0 Å². The van der Waals surface area contributed by atoms with Crippen LogP contribution in [0.1, 0.15) is 36.0 Å². The fourth-order valence-electron chi connectivity index (χ4n) is 4.37. The van der Waals surface area contributed by atoms with Crippen LogP contribution in [0.15, 0.2) is 53.4 Å². The SMILES string of the molecule is Cc1cccc2cc(/C=C3\SC(=S)N(Cc4ccc(F)cc4)C3=O)c(N3CCCCC3)nc12. The molecule has 3 heterocycles. The van der Waals surface area contributed by atoms with Crippen LogP contribution in [-0.4, -0.2) is 33.2 Å². The highest BCUT2D eigenvalue weighted by atomic mass is 32.2. The Morgan fingerprint density at radius 2 is 1.88 bits per heavy atom. The zero-order valence-corrected chi connectivity index (χ0v) is 20.0. The minimum Gasteiger partial charge on any atom is -0.356 e. The van der Waals surface area contributed by atoms with Gasteiger partial charge in [-0.25, -0.2) is 9.37 Å². The first kappa shape index (κ1) is 22.0. The molecule has 7 heteroatoms. The molecule has 33 heavy (non-hydrogen) atoms. The molecule has 2 fully saturated rings. The molecule has 0 bridgehead atoms. The number of nitrogens with zero attached hydrogens (tertiary/aromatic N) is 3. The Morgan fingerprint density at radius 1 is 1.12 bits per heavy atom. The number of thioether (sulfide) groups is 1. The lowest BCUT2D eigenvalue weighted by Gasteiger charge is -2.29. The number of para-hydroxylation sites is 1. The van der Waals surface area contributed by atoms with Crippen molar-refractivity contribution in [3.63, 3.8) is 0 Å². The molecule has 0 atom stereocenters. The van der Waals surface area contributed by atoms with Gasteiger partial charge < -0.3 is 4.90 Å². The van der Waals surface area contributed by atoms with Crippen molar-refractivity contribution in [2.24, 2.45) is 0 Å². The third-order valence-electron chi connectivity index (χ3n) is 6.13. The molecule has 0 aliphatic carbocycles. The summed E-state index contributed by atoms with van der Waals surface area (Å²) in [7, 11) is 0. The number of anilines is 1. The average molecular weight is 478 g/mol. The molecule has 0 radical (unpaired) electrons. The van der Waals surface area contributed by atoms with Gasteiger partial charge in [-0.2, -0.15) is 0 Å². The molecule has 2 aliphatic rings. The zero-order chi connectivity index (χ0) is 22.9. The van der Waals surface area contributed by atoms with Crippen LogP contribution in [0, 0.1) is 12.7 Å². The van der Waals surface area contributed by atoms with Crippen molar-refractivity contribution in [1.29, 1.82) is 0 Å². The monoisotopic (exact) mass is 477 g/mol. The molecule has 2 aromatic carbocycles. The summed E-state index contributed by atoms with van der Waals surface area (Å²) >= 11 is 6.83. The van der Waals surface area contributed by atoms with Crippen LogP contribution in [0.4, 0.5) is 10.2 Å². The third kappa shape index (κ3) is 4.52. The highest BCUT2D eigenvalue weighted by Gasteiger charge is 2.32. The predicted molar refractivity (Wildman–Crippen MR) is 138 cm³/mol. The summed E-state index contributed by atoms with van der Waals surface area (Å²) in [6, 6.07) is 14.5. The van der Waals surface area contributed by atoms with Gasteiger partial charge in [-0.1, -0.05) is 54.3 Å². The van der Waals surface area contributed by atoms with Crippen molar-refractivity contribution in [2.75, 3.05) is 18.0 Å². The molecule has 5 rings (SSSR count). The fraction of sp³-hybridized carbons (Fsp3) is 0.269. The standard InChI is InChI=1S/C26H24FN3OS2/c1-17-6-5-7-19-14-20(24(28-23(17)19)29-12-3-2-4-13-29)15-22-25(31)30(26(32)33-22)16-18-8-10-21(27)11-9-18/h5-11,14-15H,2-4,12-13,16H2,1H3/b22-15-. The Kier molecular flexibility index (Phi) is 6.17. The molecule has 1 aromatic heterocycles. The van der Waals surface area contributed by atoms with E-state index in [9.17, 15) is 9.18 Å². The van der Waals surface area contributed by atoms with Crippen molar-refractivity contribution in [3.05, 3.63) is 75.9 Å². The van der Waals surface area contributed by atoms with E-state index in [0.29, 0.717) is 15.8 Å². The summed E-state index contributed by atoms with van der Waals surface area (Å²) < 4.78 is 13.8. The van der Waals surface area contributed by atoms with E-state index < -0.39 is 0 Å². The van der Waals surface area contributed by atoms with Crippen molar-refractivity contribution in [1.82, 2.24) is 9.88 Å². The predicted octanol–water partition coefficient (Wildman–Crippen LogP) is 6.07. The molecule has 4 nitrogen and oxygen atoms in total. The summed E-state index contributed by atoms with van der Waals surface area (Å²) in [5.41, 5.74) is 3.92. The van der Waals surface area contributed by atoms with Crippen molar-refractivity contribution < 1.29 is 9.18 Å². The Labute approximate surface area is 202 Å². The number of pyridine rings is 1. The maximum Gasteiger partial charge on any atom is 0.266 e. The average Bonchev–Trinajstić information content (AvgIpc) is 3.08. The summed E-state index contributed by atoms with van der Waals surface area (Å²) in [4.78, 5) is 22.8. The van der Waals surface area contributed by atoms with E-state index in [-0.39, 0.29) is 11.7 Å². The van der Waals surface area contributed by atoms with Gasteiger partial charge in [-0.15, -0.1) is 0 Å². The zero-order valence-electron chi connectivity index (χ0n) is 18.4. The van der Waals surface area contributed by atoms with Gasteiger partial charge in [-0.05, 0) is 61.6 Å². The number of aryl methyl sites for hydroxylation is 1. The second kappa shape index (κ2) is 9.23. The summed E-state index contributed by atoms with van der Waals surface area (Å²) in [6.07, 6.45) is 5.46. The first-order valence-corrected chi connectivity index (χ1v) is 12.4. The van der Waals surface area contributed by atoms with Gasteiger partial charge in [0.25, 0.3) is 5.91 Å². The second-order valence-electron chi connectivity index (χ2n) is 8.49. The van der Waals surface area contributed by atoms with Crippen molar-refractivity contribution in [2.45, 2.75) is 32.7 Å². The smallest absolute Gasteiger partial charge is 0.266 e. The van der Waals surface area contributed by atoms with E-state index >= 15 is 0 Å². The van der Waals surface area contributed by atoms with E-state index in [2.05, 4.69) is 30.0 Å². The Balaban J connectivity index is 1.51. The van der Waals surface area contributed by atoms with Gasteiger partial charge in [0.2, 0.25) is 0 Å². The number of amides is 1. The fourth-order valence-corrected chi connectivity index (χ4v) is 5.61. The number of hydrogen-bond donors (Lipinski definition) is 0. The highest BCUT2D eigenvalue weighted by molar-refractivity contribution is 8.26. The molecule has 0 unspecified atom stereocenters. The third-order valence-corrected chi connectivity index (χ3v) is 7.50. The minimum absolute atomic E-state index is 0.122. The lowest BCUT2D eigenvalue weighted by Crippen LogP contribution is -2.31. The van der Waals surface area contributed by atoms with Crippen molar-refractivity contribution >= 4 is 57.0 Å². The maximum atomic E-state index is 13.3. The van der Waals surface area contributed by atoms with E-state index in [0.717, 1.165) is 59.3 Å². The molecule has 2 aliphatic heterocycles. The molecule has 3 aromatic rings. The van der Waals surface area contributed by atoms with Crippen LogP contribution in [-0.2, 0) is 11.3 Å². The number of halogens is 1. The number of fused-ring (bicyclic) bond motifs is 1. The lowest BCUT2D eigenvalue weighted by atomic mass is 10.1. The highest BCUT2D eigenvalue weighted by Crippen LogP contribution is 2.36. The Morgan fingerprint density at radius 3 is 2.64 bits per heavy atom. The topological polar surface area (TPSA) is 36.4 Å². The van der Waals surface area contributed by atoms with Crippen LogP contribution in [0.2, 0.25) is 0 Å². The van der Waals surface area contributed by atoms with Gasteiger partial charge >= 0.3 is 0 Å². The summed E-state index contributed by atoms with van der Waals surface area (Å²) in [6.45, 7) is 4.35. The summed E-state index contributed by atoms with van der Waals surface area (Å²) in [5.74, 6) is 0.511. The quantitative estimate of drug-likeness (QED) is 0.337. The van der Waals surface area contributed by atoms with E-state index in [4.69, 9.17) is 17.2 Å². The number of carbonyl (C=O) groups excluding carboxylic acids is 1. The van der Waals surface area contributed by atoms with Crippen LogP contribution in [0.25, 0.3) is 17.0 Å². The first-order chi connectivity index (χ1) is 16.0. The molecule has 2 saturated heterocycles. The molecule has 0 N–H and O–H groups in total. The number of thiocarbonyl (C=S) groups is 1. The maximum absolute atomic E-state index is 13.3. The number of piperidine rings is 1. The van der Waals surface area contributed by atoms with Gasteiger partial charge in [0, 0.05) is 24.0 Å². The van der Waals surface area contributed by atoms with Gasteiger partial charge in [0.1, 0.15) is 16.0 Å². The molecular formula is C26H24FN3OS2. The Bertz CT molecular complexity index is 1270. The molecular weight excluding hydrogens is 453 g/mol. The number of carbonyl (C=O) groups is 1. The number of aromatic nitrogens is 1. The van der Waals surface area contributed by atoms with Crippen LogP contribution < -0.4 is 4.90 Å². The molecule has 168 valence electrons. The van der Waals surface area contributed by atoms with E-state index in [1.54, 1.807) is 17.0 Å². The van der Waals surface area contributed by atoms with Crippen LogP contribution >= 0.6 is 24.0 Å². The largest absolute Gasteiger partial charge is 0.356 e. The van der Waals surface area contributed by atoms with E-state index in [1.807, 2.05) is 12.1 Å². The normalized spacial score (nSPS) is 18.1. The number of rotatable bonds is 4. The lowest BCUT2D eigenvalue weighted by molar-refractivity contribution is -0.122. The number of hydrogen-bond acceptors (Lipinski definition) is 5. The second-order valence-corrected chi connectivity index (χ2v) is 10.2. The van der Waals surface area contributed by atoms with Gasteiger partial charge in [0.15, 0.2) is 0 Å². The summed E-state index contributed by atoms with van der Waals surface area (Å²) in [5, 5.41) is 1.06. The van der Waals surface area contributed by atoms with Gasteiger partial charge in [-0.3, -0.25) is 9.69 Å². The minimum atomic E-state index is -0.298.